The van der Waals surface area contributed by atoms with E-state index in [1.165, 1.54) is 11.3 Å². The van der Waals surface area contributed by atoms with Gasteiger partial charge in [-0.2, -0.15) is 0 Å². The van der Waals surface area contributed by atoms with Crippen LogP contribution in [-0.2, 0) is 16.0 Å². The number of piperidine rings is 1. The Bertz CT molecular complexity index is 1000. The molecule has 0 atom stereocenters. The molecule has 0 bridgehead atoms. The van der Waals surface area contributed by atoms with Crippen molar-refractivity contribution in [1.82, 2.24) is 9.80 Å². The molecule has 0 N–H and O–H groups in total. The van der Waals surface area contributed by atoms with Crippen molar-refractivity contribution in [3.8, 4) is 0 Å². The fraction of sp³-hybridized carbons (Fsp3) is 0.360. The maximum Gasteiger partial charge on any atom is 0.277 e. The molecule has 0 spiro atoms. The highest BCUT2D eigenvalue weighted by Gasteiger charge is 2.41. The first-order valence-electron chi connectivity index (χ1n) is 10.6. The van der Waals surface area contributed by atoms with E-state index in [4.69, 9.17) is 11.6 Å². The summed E-state index contributed by atoms with van der Waals surface area (Å²) in [6, 6.07) is 13.6. The van der Waals surface area contributed by atoms with E-state index < -0.39 is 0 Å². The Labute approximate surface area is 183 Å². The second-order valence-electron chi connectivity index (χ2n) is 8.23. The molecule has 1 fully saturated rings. The second kappa shape index (κ2) is 8.65. The van der Waals surface area contributed by atoms with Crippen molar-refractivity contribution < 1.29 is 9.59 Å². The zero-order chi connectivity index (χ0) is 21.3. The van der Waals surface area contributed by atoms with E-state index in [1.807, 2.05) is 50.2 Å². The van der Waals surface area contributed by atoms with Crippen molar-refractivity contribution in [1.29, 1.82) is 0 Å². The number of halogens is 1. The highest BCUT2D eigenvalue weighted by atomic mass is 35.5. The van der Waals surface area contributed by atoms with Gasteiger partial charge < -0.3 is 4.90 Å². The van der Waals surface area contributed by atoms with Crippen LogP contribution in [0.2, 0.25) is 5.02 Å². The lowest BCUT2D eigenvalue weighted by molar-refractivity contribution is -0.137. The maximum atomic E-state index is 13.5. The molecule has 156 valence electrons. The molecular formula is C25H27ClN2O2. The SMILES string of the molecule is Cc1ccc(C2=C(N3CCCCC3)C(=O)N(CCc3ccc(Cl)cc3)C2=O)c(C)c1. The molecule has 4 rings (SSSR count). The summed E-state index contributed by atoms with van der Waals surface area (Å²) < 4.78 is 0. The minimum absolute atomic E-state index is 0.161. The summed E-state index contributed by atoms with van der Waals surface area (Å²) in [7, 11) is 0. The molecule has 1 saturated heterocycles. The highest BCUT2D eigenvalue weighted by molar-refractivity contribution is 6.35. The molecule has 30 heavy (non-hydrogen) atoms. The van der Waals surface area contributed by atoms with Crippen LogP contribution in [0.3, 0.4) is 0 Å². The van der Waals surface area contributed by atoms with Crippen LogP contribution in [0.1, 0.15) is 41.5 Å². The fourth-order valence-electron chi connectivity index (χ4n) is 4.41. The van der Waals surface area contributed by atoms with Crippen LogP contribution in [0.25, 0.3) is 5.57 Å². The largest absolute Gasteiger partial charge is 0.366 e. The van der Waals surface area contributed by atoms with Crippen LogP contribution in [0.5, 0.6) is 0 Å². The van der Waals surface area contributed by atoms with Crippen LogP contribution in [0, 0.1) is 13.8 Å². The molecule has 0 saturated carbocycles. The van der Waals surface area contributed by atoms with E-state index >= 15 is 0 Å². The van der Waals surface area contributed by atoms with E-state index in [2.05, 4.69) is 11.0 Å². The summed E-state index contributed by atoms with van der Waals surface area (Å²) in [5.74, 6) is -0.340. The van der Waals surface area contributed by atoms with Gasteiger partial charge >= 0.3 is 0 Å². The van der Waals surface area contributed by atoms with Crippen molar-refractivity contribution in [2.24, 2.45) is 0 Å². The van der Waals surface area contributed by atoms with Crippen molar-refractivity contribution in [3.63, 3.8) is 0 Å². The molecule has 2 heterocycles. The molecular weight excluding hydrogens is 396 g/mol. The summed E-state index contributed by atoms with van der Waals surface area (Å²) in [6.45, 7) is 6.07. The first-order valence-corrected chi connectivity index (χ1v) is 11.0. The number of carbonyl (C=O) groups excluding carboxylic acids is 2. The van der Waals surface area contributed by atoms with Gasteiger partial charge in [0.1, 0.15) is 5.70 Å². The number of amides is 2. The van der Waals surface area contributed by atoms with Gasteiger partial charge in [0, 0.05) is 24.7 Å². The second-order valence-corrected chi connectivity index (χ2v) is 8.66. The van der Waals surface area contributed by atoms with E-state index in [0.29, 0.717) is 29.3 Å². The minimum atomic E-state index is -0.179. The molecule has 0 aliphatic carbocycles. The Morgan fingerprint density at radius 3 is 2.27 bits per heavy atom. The van der Waals surface area contributed by atoms with E-state index in [1.54, 1.807) is 0 Å². The molecule has 4 nitrogen and oxygen atoms in total. The van der Waals surface area contributed by atoms with Gasteiger partial charge in [0.2, 0.25) is 0 Å². The monoisotopic (exact) mass is 422 g/mol. The average molecular weight is 423 g/mol. The third-order valence-electron chi connectivity index (χ3n) is 6.00. The smallest absolute Gasteiger partial charge is 0.277 e. The number of imide groups is 1. The zero-order valence-corrected chi connectivity index (χ0v) is 18.3. The van der Waals surface area contributed by atoms with E-state index in [-0.39, 0.29) is 11.8 Å². The molecule has 0 radical (unpaired) electrons. The molecule has 5 heteroatoms. The van der Waals surface area contributed by atoms with Crippen molar-refractivity contribution in [2.75, 3.05) is 19.6 Å². The summed E-state index contributed by atoms with van der Waals surface area (Å²) in [5, 5.41) is 0.679. The number of nitrogens with zero attached hydrogens (tertiary/aromatic N) is 2. The number of aryl methyl sites for hydroxylation is 2. The zero-order valence-electron chi connectivity index (χ0n) is 17.6. The third-order valence-corrected chi connectivity index (χ3v) is 6.26. The number of hydrogen-bond donors (Lipinski definition) is 0. The summed E-state index contributed by atoms with van der Waals surface area (Å²) in [6.07, 6.45) is 3.89. The van der Waals surface area contributed by atoms with Crippen molar-refractivity contribution in [2.45, 2.75) is 39.5 Å². The standard InChI is InChI=1S/C25H27ClN2O2/c1-17-6-11-21(18(2)16-17)22-23(27-13-4-3-5-14-27)25(30)28(24(22)29)15-12-19-7-9-20(26)10-8-19/h6-11,16H,3-5,12-15H2,1-2H3. The first-order chi connectivity index (χ1) is 14.5. The molecule has 2 aliphatic rings. The van der Waals surface area contributed by atoms with Crippen LogP contribution < -0.4 is 0 Å². The number of benzene rings is 2. The van der Waals surface area contributed by atoms with Gasteiger partial charge in [0.05, 0.1) is 5.57 Å². The molecule has 2 aromatic carbocycles. The molecule has 2 aromatic rings. The van der Waals surface area contributed by atoms with Gasteiger partial charge in [-0.1, -0.05) is 47.5 Å². The first kappa shape index (κ1) is 20.7. The lowest BCUT2D eigenvalue weighted by atomic mass is 9.97. The van der Waals surface area contributed by atoms with Gasteiger partial charge in [0.25, 0.3) is 11.8 Å². The summed E-state index contributed by atoms with van der Waals surface area (Å²) >= 11 is 5.97. The molecule has 2 amide bonds. The van der Waals surface area contributed by atoms with E-state index in [0.717, 1.165) is 48.2 Å². The lowest BCUT2D eigenvalue weighted by Gasteiger charge is -2.29. The predicted octanol–water partition coefficient (Wildman–Crippen LogP) is 4.77. The number of hydrogen-bond acceptors (Lipinski definition) is 3. The van der Waals surface area contributed by atoms with Gasteiger partial charge in [-0.3, -0.25) is 14.5 Å². The van der Waals surface area contributed by atoms with E-state index in [9.17, 15) is 9.59 Å². The van der Waals surface area contributed by atoms with Crippen LogP contribution in [-0.4, -0.2) is 41.2 Å². The number of rotatable bonds is 5. The minimum Gasteiger partial charge on any atom is -0.366 e. The average Bonchev–Trinajstić information content (AvgIpc) is 2.98. The van der Waals surface area contributed by atoms with Gasteiger partial charge in [0.15, 0.2) is 0 Å². The Morgan fingerprint density at radius 1 is 0.900 bits per heavy atom. The quantitative estimate of drug-likeness (QED) is 0.652. The van der Waals surface area contributed by atoms with Crippen LogP contribution in [0.4, 0.5) is 0 Å². The summed E-state index contributed by atoms with van der Waals surface area (Å²) in [4.78, 5) is 30.5. The fourth-order valence-corrected chi connectivity index (χ4v) is 4.53. The third kappa shape index (κ3) is 4.01. The highest BCUT2D eigenvalue weighted by Crippen LogP contribution is 2.34. The van der Waals surface area contributed by atoms with Crippen molar-refractivity contribution >= 4 is 29.0 Å². The number of carbonyl (C=O) groups is 2. The Hall–Kier alpha value is -2.59. The molecule has 2 aliphatic heterocycles. The van der Waals surface area contributed by atoms with Crippen LogP contribution >= 0.6 is 11.6 Å². The van der Waals surface area contributed by atoms with Crippen molar-refractivity contribution in [3.05, 3.63) is 75.4 Å². The Kier molecular flexibility index (Phi) is 5.96. The lowest BCUT2D eigenvalue weighted by Crippen LogP contribution is -2.38. The van der Waals surface area contributed by atoms with Gasteiger partial charge in [-0.25, -0.2) is 0 Å². The Balaban J connectivity index is 1.67. The van der Waals surface area contributed by atoms with Crippen LogP contribution in [0.15, 0.2) is 48.2 Å². The maximum absolute atomic E-state index is 13.5. The number of likely N-dealkylation sites (tertiary alicyclic amines) is 1. The Morgan fingerprint density at radius 2 is 1.60 bits per heavy atom. The molecule has 0 aromatic heterocycles. The summed E-state index contributed by atoms with van der Waals surface area (Å²) in [5.41, 5.74) is 5.25. The normalized spacial score (nSPS) is 17.3. The topological polar surface area (TPSA) is 40.6 Å². The van der Waals surface area contributed by atoms with Gasteiger partial charge in [-0.15, -0.1) is 0 Å². The predicted molar refractivity (Wildman–Crippen MR) is 120 cm³/mol. The van der Waals surface area contributed by atoms with Gasteiger partial charge in [-0.05, 0) is 68.4 Å². The molecule has 0 unspecified atom stereocenters.